The Morgan fingerprint density at radius 3 is 2.71 bits per heavy atom. The zero-order valence-corrected chi connectivity index (χ0v) is 10.5. The van der Waals surface area contributed by atoms with Crippen LogP contribution >= 0.6 is 0 Å². The Kier molecular flexibility index (Phi) is 4.40. The minimum atomic E-state index is 0.0981. The highest BCUT2D eigenvalue weighted by Gasteiger charge is 2.31. The Morgan fingerprint density at radius 1 is 1.35 bits per heavy atom. The SMILES string of the molecule is O=C1CCC(CNCC2(CO)CCCCC2)N1. The average Bonchev–Trinajstić information content (AvgIpc) is 2.76. The van der Waals surface area contributed by atoms with Crippen molar-refractivity contribution in [2.75, 3.05) is 19.7 Å². The number of carbonyl (C=O) groups is 1. The molecule has 1 atom stereocenters. The van der Waals surface area contributed by atoms with Gasteiger partial charge in [-0.25, -0.2) is 0 Å². The van der Waals surface area contributed by atoms with Crippen LogP contribution in [0.1, 0.15) is 44.9 Å². The molecule has 1 aliphatic carbocycles. The van der Waals surface area contributed by atoms with Crippen LogP contribution in [0, 0.1) is 5.41 Å². The van der Waals surface area contributed by atoms with Gasteiger partial charge in [-0.1, -0.05) is 19.3 Å². The van der Waals surface area contributed by atoms with Crippen molar-refractivity contribution in [2.45, 2.75) is 51.0 Å². The topological polar surface area (TPSA) is 61.4 Å². The van der Waals surface area contributed by atoms with Gasteiger partial charge in [-0.05, 0) is 19.3 Å². The summed E-state index contributed by atoms with van der Waals surface area (Å²) < 4.78 is 0. The molecule has 1 unspecified atom stereocenters. The number of hydrogen-bond acceptors (Lipinski definition) is 3. The van der Waals surface area contributed by atoms with E-state index in [4.69, 9.17) is 0 Å². The molecule has 0 spiro atoms. The van der Waals surface area contributed by atoms with Gasteiger partial charge in [-0.2, -0.15) is 0 Å². The van der Waals surface area contributed by atoms with Crippen molar-refractivity contribution in [3.8, 4) is 0 Å². The molecule has 4 nitrogen and oxygen atoms in total. The third kappa shape index (κ3) is 3.42. The standard InChI is InChI=1S/C13H24N2O2/c16-10-13(6-2-1-3-7-13)9-14-8-11-4-5-12(17)15-11/h11,14,16H,1-10H2,(H,15,17). The predicted molar refractivity (Wildman–Crippen MR) is 66.6 cm³/mol. The van der Waals surface area contributed by atoms with E-state index in [1.165, 1.54) is 19.3 Å². The van der Waals surface area contributed by atoms with Crippen molar-refractivity contribution < 1.29 is 9.90 Å². The summed E-state index contributed by atoms with van der Waals surface area (Å²) in [5, 5.41) is 16.0. The van der Waals surface area contributed by atoms with Crippen molar-refractivity contribution in [3.63, 3.8) is 0 Å². The number of nitrogens with one attached hydrogen (secondary N) is 2. The number of carbonyl (C=O) groups excluding carboxylic acids is 1. The van der Waals surface area contributed by atoms with Gasteiger partial charge in [0.05, 0.1) is 0 Å². The van der Waals surface area contributed by atoms with E-state index >= 15 is 0 Å². The first-order valence-electron chi connectivity index (χ1n) is 6.85. The Balaban J connectivity index is 1.70. The second-order valence-corrected chi connectivity index (χ2v) is 5.65. The molecule has 0 radical (unpaired) electrons. The summed E-state index contributed by atoms with van der Waals surface area (Å²) in [7, 11) is 0. The van der Waals surface area contributed by atoms with Gasteiger partial charge in [-0.3, -0.25) is 4.79 Å². The van der Waals surface area contributed by atoms with E-state index in [-0.39, 0.29) is 17.9 Å². The van der Waals surface area contributed by atoms with Crippen LogP contribution in [0.5, 0.6) is 0 Å². The molecule has 2 fully saturated rings. The summed E-state index contributed by atoms with van der Waals surface area (Å²) >= 11 is 0. The molecule has 1 saturated heterocycles. The summed E-state index contributed by atoms with van der Waals surface area (Å²) in [5.74, 6) is 0.173. The van der Waals surface area contributed by atoms with E-state index in [0.29, 0.717) is 12.5 Å². The first kappa shape index (κ1) is 12.8. The zero-order valence-electron chi connectivity index (χ0n) is 10.5. The number of aliphatic hydroxyl groups excluding tert-OH is 1. The molecule has 1 saturated carbocycles. The molecule has 0 aromatic heterocycles. The van der Waals surface area contributed by atoms with Crippen molar-refractivity contribution in [3.05, 3.63) is 0 Å². The lowest BCUT2D eigenvalue weighted by atomic mass is 9.74. The third-order valence-electron chi connectivity index (χ3n) is 4.23. The van der Waals surface area contributed by atoms with Gasteiger partial charge in [-0.15, -0.1) is 0 Å². The van der Waals surface area contributed by atoms with Crippen molar-refractivity contribution in [2.24, 2.45) is 5.41 Å². The highest BCUT2D eigenvalue weighted by Crippen LogP contribution is 2.35. The van der Waals surface area contributed by atoms with Gasteiger partial charge in [0, 0.05) is 37.6 Å². The number of rotatable bonds is 5. The van der Waals surface area contributed by atoms with Gasteiger partial charge in [0.2, 0.25) is 5.91 Å². The fraction of sp³-hybridized carbons (Fsp3) is 0.923. The Bertz CT molecular complexity index is 262. The third-order valence-corrected chi connectivity index (χ3v) is 4.23. The number of hydrogen-bond donors (Lipinski definition) is 3. The molecule has 0 bridgehead atoms. The van der Waals surface area contributed by atoms with Crippen LogP contribution in [0.4, 0.5) is 0 Å². The summed E-state index contributed by atoms with van der Waals surface area (Å²) in [6, 6.07) is 0.293. The van der Waals surface area contributed by atoms with Gasteiger partial charge in [0.25, 0.3) is 0 Å². The molecule has 1 aliphatic heterocycles. The second kappa shape index (κ2) is 5.83. The van der Waals surface area contributed by atoms with E-state index in [1.54, 1.807) is 0 Å². The first-order valence-corrected chi connectivity index (χ1v) is 6.85. The van der Waals surface area contributed by atoms with E-state index in [2.05, 4.69) is 10.6 Å². The summed E-state index contributed by atoms with van der Waals surface area (Å²) in [5.41, 5.74) is 0.0981. The van der Waals surface area contributed by atoms with Crippen LogP contribution in [0.25, 0.3) is 0 Å². The number of amides is 1. The average molecular weight is 240 g/mol. The van der Waals surface area contributed by atoms with Gasteiger partial charge in [0.15, 0.2) is 0 Å². The number of aliphatic hydroxyl groups is 1. The van der Waals surface area contributed by atoms with E-state index < -0.39 is 0 Å². The lowest BCUT2D eigenvalue weighted by Gasteiger charge is -2.36. The molecule has 3 N–H and O–H groups in total. The summed E-state index contributed by atoms with van der Waals surface area (Å²) in [6.45, 7) is 2.01. The fourth-order valence-corrected chi connectivity index (χ4v) is 3.03. The van der Waals surface area contributed by atoms with Crippen molar-refractivity contribution >= 4 is 5.91 Å². The van der Waals surface area contributed by atoms with Gasteiger partial charge in [0.1, 0.15) is 0 Å². The smallest absolute Gasteiger partial charge is 0.220 e. The van der Waals surface area contributed by atoms with Crippen LogP contribution in [0.3, 0.4) is 0 Å². The molecule has 4 heteroatoms. The van der Waals surface area contributed by atoms with Crippen LogP contribution in [0.2, 0.25) is 0 Å². The Morgan fingerprint density at radius 2 is 2.12 bits per heavy atom. The molecule has 2 rings (SSSR count). The van der Waals surface area contributed by atoms with Crippen LogP contribution in [-0.4, -0.2) is 36.8 Å². The molecule has 0 aromatic carbocycles. The van der Waals surface area contributed by atoms with E-state index in [1.807, 2.05) is 0 Å². The lowest BCUT2D eigenvalue weighted by Crippen LogP contribution is -2.43. The van der Waals surface area contributed by atoms with Crippen LogP contribution in [0.15, 0.2) is 0 Å². The molecule has 17 heavy (non-hydrogen) atoms. The summed E-state index contributed by atoms with van der Waals surface area (Å²) in [6.07, 6.45) is 7.65. The Hall–Kier alpha value is -0.610. The normalized spacial score (nSPS) is 28.1. The molecule has 1 amide bonds. The quantitative estimate of drug-likeness (QED) is 0.666. The van der Waals surface area contributed by atoms with Crippen molar-refractivity contribution in [1.29, 1.82) is 0 Å². The maximum atomic E-state index is 11.1. The van der Waals surface area contributed by atoms with Crippen LogP contribution in [-0.2, 0) is 4.79 Å². The minimum absolute atomic E-state index is 0.0981. The van der Waals surface area contributed by atoms with Gasteiger partial charge < -0.3 is 15.7 Å². The molecule has 0 aromatic rings. The monoisotopic (exact) mass is 240 g/mol. The molecule has 98 valence electrons. The maximum absolute atomic E-state index is 11.1. The first-order chi connectivity index (χ1) is 8.24. The molecular formula is C13H24N2O2. The van der Waals surface area contributed by atoms with E-state index in [9.17, 15) is 9.90 Å². The lowest BCUT2D eigenvalue weighted by molar-refractivity contribution is -0.119. The minimum Gasteiger partial charge on any atom is -0.396 e. The largest absolute Gasteiger partial charge is 0.396 e. The highest BCUT2D eigenvalue weighted by atomic mass is 16.3. The zero-order chi connectivity index (χ0) is 12.1. The van der Waals surface area contributed by atoms with E-state index in [0.717, 1.165) is 32.4 Å². The van der Waals surface area contributed by atoms with Crippen molar-refractivity contribution in [1.82, 2.24) is 10.6 Å². The van der Waals surface area contributed by atoms with Crippen LogP contribution < -0.4 is 10.6 Å². The predicted octanol–water partition coefficient (Wildman–Crippen LogP) is 0.797. The molecule has 1 heterocycles. The highest BCUT2D eigenvalue weighted by molar-refractivity contribution is 5.78. The fourth-order valence-electron chi connectivity index (χ4n) is 3.03. The summed E-state index contributed by atoms with van der Waals surface area (Å²) in [4.78, 5) is 11.1. The molecule has 2 aliphatic rings. The Labute approximate surface area is 103 Å². The second-order valence-electron chi connectivity index (χ2n) is 5.65. The molecular weight excluding hydrogens is 216 g/mol. The maximum Gasteiger partial charge on any atom is 0.220 e. The van der Waals surface area contributed by atoms with Gasteiger partial charge >= 0.3 is 0 Å².